The first kappa shape index (κ1) is 38.1. The largest absolute Gasteiger partial charge is 0.457 e. The molecule has 0 radical (unpaired) electrons. The Kier molecular flexibility index (Phi) is 9.59. The molecule has 3 nitrogen and oxygen atoms in total. The molecule has 63 heavy (non-hydrogen) atoms. The predicted octanol–water partition coefficient (Wildman–Crippen LogP) is 14.7. The standard InChI is InChI=1S/C60H44N2O/c1-3-17-47(36-40(2)41-18-6-4-7-19-41)55-39-56(48-23-16-22-45(37-48)42-20-8-5-9-21-42)62-59(61-55)44-32-30-43(31-33-44)46-34-35-54-58(38-46)63-57-29-15-14-28-53(57)60(54)51-26-12-10-24-49(51)50-25-11-13-27-52(50)60/h3-38,55H,2,39H2,1H3/b17-3-,47-36+. The zero-order chi connectivity index (χ0) is 42.3. The van der Waals surface area contributed by atoms with E-state index in [2.05, 4.69) is 226 Å². The van der Waals surface area contributed by atoms with E-state index >= 15 is 0 Å². The van der Waals surface area contributed by atoms with Crippen LogP contribution in [0.5, 0.6) is 11.5 Å². The first-order valence-electron chi connectivity index (χ1n) is 21.7. The lowest BCUT2D eigenvalue weighted by molar-refractivity contribution is 0.436. The Bertz CT molecular complexity index is 3140. The molecular formula is C60H44N2O. The summed E-state index contributed by atoms with van der Waals surface area (Å²) in [6.07, 6.45) is 7.09. The summed E-state index contributed by atoms with van der Waals surface area (Å²) in [5, 5.41) is 0. The summed E-state index contributed by atoms with van der Waals surface area (Å²) >= 11 is 0. The van der Waals surface area contributed by atoms with E-state index in [-0.39, 0.29) is 6.04 Å². The summed E-state index contributed by atoms with van der Waals surface area (Å²) in [5.41, 5.74) is 17.6. The molecule has 3 heteroatoms. The highest BCUT2D eigenvalue weighted by molar-refractivity contribution is 6.14. The number of aliphatic imine (C=N–C) groups is 2. The quantitative estimate of drug-likeness (QED) is 0.141. The smallest absolute Gasteiger partial charge is 0.155 e. The number of allylic oxidation sites excluding steroid dienone is 3. The van der Waals surface area contributed by atoms with Crippen LogP contribution in [0.2, 0.25) is 0 Å². The van der Waals surface area contributed by atoms with Crippen molar-refractivity contribution in [1.29, 1.82) is 0 Å². The monoisotopic (exact) mass is 808 g/mol. The van der Waals surface area contributed by atoms with Crippen molar-refractivity contribution in [3.8, 4) is 44.9 Å². The van der Waals surface area contributed by atoms with Crippen molar-refractivity contribution in [2.24, 2.45) is 9.98 Å². The van der Waals surface area contributed by atoms with Crippen LogP contribution >= 0.6 is 0 Å². The number of fused-ring (bicyclic) bond motifs is 9. The van der Waals surface area contributed by atoms with Crippen molar-refractivity contribution >= 4 is 17.1 Å². The maximum atomic E-state index is 6.82. The molecule has 0 N–H and O–H groups in total. The summed E-state index contributed by atoms with van der Waals surface area (Å²) in [4.78, 5) is 10.7. The number of ether oxygens (including phenoxy) is 1. The second-order valence-electron chi connectivity index (χ2n) is 16.4. The zero-order valence-corrected chi connectivity index (χ0v) is 35.1. The second kappa shape index (κ2) is 15.9. The molecule has 0 saturated carbocycles. The van der Waals surface area contributed by atoms with Gasteiger partial charge in [0.2, 0.25) is 0 Å². The van der Waals surface area contributed by atoms with E-state index < -0.39 is 5.41 Å². The van der Waals surface area contributed by atoms with Gasteiger partial charge in [-0.2, -0.15) is 0 Å². The van der Waals surface area contributed by atoms with Gasteiger partial charge in [-0.15, -0.1) is 0 Å². The van der Waals surface area contributed by atoms with Gasteiger partial charge in [-0.1, -0.05) is 201 Å². The van der Waals surface area contributed by atoms with Gasteiger partial charge in [0.05, 0.1) is 17.2 Å². The summed E-state index contributed by atoms with van der Waals surface area (Å²) in [6.45, 7) is 6.52. The van der Waals surface area contributed by atoms with Crippen LogP contribution in [-0.2, 0) is 5.41 Å². The lowest BCUT2D eigenvalue weighted by Crippen LogP contribution is -2.32. The Morgan fingerprint density at radius 1 is 0.540 bits per heavy atom. The fourth-order valence-corrected chi connectivity index (χ4v) is 9.84. The topological polar surface area (TPSA) is 34.0 Å². The Hall–Kier alpha value is -7.88. The maximum absolute atomic E-state index is 6.82. The van der Waals surface area contributed by atoms with E-state index in [1.807, 2.05) is 6.07 Å². The van der Waals surface area contributed by atoms with Gasteiger partial charge in [0, 0.05) is 23.1 Å². The number of hydrogen-bond acceptors (Lipinski definition) is 3. The van der Waals surface area contributed by atoms with E-state index in [4.69, 9.17) is 14.7 Å². The number of hydrogen-bond donors (Lipinski definition) is 0. The Morgan fingerprint density at radius 3 is 1.83 bits per heavy atom. The van der Waals surface area contributed by atoms with Gasteiger partial charge in [-0.25, -0.2) is 4.99 Å². The van der Waals surface area contributed by atoms with Crippen molar-refractivity contribution in [3.05, 3.63) is 270 Å². The van der Waals surface area contributed by atoms with Crippen LogP contribution in [0.25, 0.3) is 39.0 Å². The fraction of sp³-hybridized carbons (Fsp3) is 0.0667. The van der Waals surface area contributed by atoms with Crippen molar-refractivity contribution in [2.75, 3.05) is 0 Å². The molecule has 2 heterocycles. The summed E-state index contributed by atoms with van der Waals surface area (Å²) < 4.78 is 6.82. The second-order valence-corrected chi connectivity index (χ2v) is 16.4. The molecule has 0 aromatic heterocycles. The van der Waals surface area contributed by atoms with Gasteiger partial charge in [-0.3, -0.25) is 4.99 Å². The minimum Gasteiger partial charge on any atom is -0.457 e. The van der Waals surface area contributed by atoms with E-state index in [1.54, 1.807) is 0 Å². The molecule has 0 amide bonds. The summed E-state index contributed by atoms with van der Waals surface area (Å²) in [7, 11) is 0. The Labute approximate surface area is 369 Å². The van der Waals surface area contributed by atoms with Gasteiger partial charge in [-0.05, 0) is 98.0 Å². The first-order chi connectivity index (χ1) is 31.1. The van der Waals surface area contributed by atoms with Gasteiger partial charge < -0.3 is 4.74 Å². The molecular weight excluding hydrogens is 765 g/mol. The number of amidine groups is 1. The van der Waals surface area contributed by atoms with Crippen LogP contribution in [-0.4, -0.2) is 17.6 Å². The summed E-state index contributed by atoms with van der Waals surface area (Å²) in [5.74, 6) is 2.47. The molecule has 0 fully saturated rings. The van der Waals surface area contributed by atoms with Gasteiger partial charge in [0.1, 0.15) is 11.5 Å². The number of para-hydroxylation sites is 1. The number of benzene rings is 8. The van der Waals surface area contributed by atoms with E-state index in [0.717, 1.165) is 67.3 Å². The SMILES string of the molecule is C=C(/C=C(\C=C/C)C1CC(c2cccc(-c3ccccc3)c2)=NC(c2ccc(-c3ccc4c(c3)Oc3ccccc3C43c4ccccc4-c4ccccc43)cc2)=N1)c1ccccc1. The maximum Gasteiger partial charge on any atom is 0.155 e. The third kappa shape index (κ3) is 6.61. The average molecular weight is 809 g/mol. The van der Waals surface area contributed by atoms with Crippen LogP contribution in [0.15, 0.2) is 241 Å². The van der Waals surface area contributed by atoms with Crippen molar-refractivity contribution in [2.45, 2.75) is 24.8 Å². The lowest BCUT2D eigenvalue weighted by atomic mass is 9.66. The molecule has 300 valence electrons. The highest BCUT2D eigenvalue weighted by Gasteiger charge is 2.50. The normalized spacial score (nSPS) is 15.7. The predicted molar refractivity (Wildman–Crippen MR) is 261 cm³/mol. The number of nitrogens with zero attached hydrogens (tertiary/aromatic N) is 2. The Morgan fingerprint density at radius 2 is 1.10 bits per heavy atom. The molecule has 11 rings (SSSR count). The molecule has 2 aliphatic heterocycles. The van der Waals surface area contributed by atoms with Gasteiger partial charge in [0.25, 0.3) is 0 Å². The molecule has 1 spiro atoms. The van der Waals surface area contributed by atoms with E-state index in [1.165, 1.54) is 33.4 Å². The van der Waals surface area contributed by atoms with Crippen LogP contribution in [0.3, 0.4) is 0 Å². The molecule has 0 saturated heterocycles. The van der Waals surface area contributed by atoms with Crippen LogP contribution in [0.1, 0.15) is 52.3 Å². The first-order valence-corrected chi connectivity index (χ1v) is 21.7. The minimum atomic E-state index is -0.487. The highest BCUT2D eigenvalue weighted by atomic mass is 16.5. The molecule has 1 unspecified atom stereocenters. The third-order valence-electron chi connectivity index (χ3n) is 12.8. The fourth-order valence-electron chi connectivity index (χ4n) is 9.84. The van der Waals surface area contributed by atoms with Crippen molar-refractivity contribution in [3.63, 3.8) is 0 Å². The van der Waals surface area contributed by atoms with E-state index in [0.29, 0.717) is 12.3 Å². The molecule has 8 aromatic rings. The van der Waals surface area contributed by atoms with Crippen molar-refractivity contribution in [1.82, 2.24) is 0 Å². The third-order valence-corrected chi connectivity index (χ3v) is 12.8. The van der Waals surface area contributed by atoms with Crippen LogP contribution in [0, 0.1) is 0 Å². The van der Waals surface area contributed by atoms with Gasteiger partial charge >= 0.3 is 0 Å². The lowest BCUT2D eigenvalue weighted by Gasteiger charge is -2.39. The zero-order valence-electron chi connectivity index (χ0n) is 35.1. The summed E-state index contributed by atoms with van der Waals surface area (Å²) in [6, 6.07) is 71.0. The van der Waals surface area contributed by atoms with Crippen molar-refractivity contribution < 1.29 is 4.74 Å². The minimum absolute atomic E-state index is 0.164. The van der Waals surface area contributed by atoms with E-state index in [9.17, 15) is 0 Å². The molecule has 8 aromatic carbocycles. The van der Waals surface area contributed by atoms with Crippen LogP contribution in [0.4, 0.5) is 0 Å². The molecule has 1 aliphatic carbocycles. The molecule has 0 bridgehead atoms. The average Bonchev–Trinajstić information content (AvgIpc) is 3.64. The Balaban J connectivity index is 0.984. The van der Waals surface area contributed by atoms with Gasteiger partial charge in [0.15, 0.2) is 5.84 Å². The highest BCUT2D eigenvalue weighted by Crippen LogP contribution is 2.62. The van der Waals surface area contributed by atoms with Crippen LogP contribution < -0.4 is 4.74 Å². The molecule has 1 atom stereocenters. The molecule has 3 aliphatic rings. The number of rotatable bonds is 8.